The summed E-state index contributed by atoms with van der Waals surface area (Å²) in [6.45, 7) is 4.85. The molecule has 180 valence electrons. The number of fused-ring (bicyclic) bond motifs is 3. The molecule has 9 nitrogen and oxygen atoms in total. The van der Waals surface area contributed by atoms with Crippen LogP contribution in [0.15, 0.2) is 54.7 Å². The van der Waals surface area contributed by atoms with E-state index in [1.54, 1.807) is 0 Å². The van der Waals surface area contributed by atoms with Gasteiger partial charge < -0.3 is 24.6 Å². The molecule has 1 saturated heterocycles. The highest BCUT2D eigenvalue weighted by Crippen LogP contribution is 2.43. The Hall–Kier alpha value is -3.43. The summed E-state index contributed by atoms with van der Waals surface area (Å²) in [5, 5.41) is 19.2. The van der Waals surface area contributed by atoms with Crippen LogP contribution in [0.2, 0.25) is 0 Å². The first-order valence-electron chi connectivity index (χ1n) is 11.4. The first kappa shape index (κ1) is 23.7. The number of aromatic nitrogens is 2. The molecular weight excluding hydrogens is 438 g/mol. The number of nitrogens with zero attached hydrogens (tertiary/aromatic N) is 3. The number of carbonyl (C=O) groups is 2. The number of aliphatic carboxylic acids is 2. The molecule has 1 fully saturated rings. The smallest absolute Gasteiger partial charge is 0.414 e. The SMILES string of the molecule is O=C(O)C(=O)O.c1ccc2c(c1)COC21CCN(CCCCOc2cc3ccccn3n2)CC1. The van der Waals surface area contributed by atoms with Crippen LogP contribution < -0.4 is 4.74 Å². The minimum Gasteiger partial charge on any atom is -0.477 e. The molecule has 0 atom stereocenters. The van der Waals surface area contributed by atoms with E-state index in [0.29, 0.717) is 5.88 Å². The lowest BCUT2D eigenvalue weighted by atomic mass is 9.84. The van der Waals surface area contributed by atoms with Crippen LogP contribution in [-0.2, 0) is 26.5 Å². The molecule has 1 spiro atoms. The van der Waals surface area contributed by atoms with Crippen LogP contribution in [0, 0.1) is 0 Å². The summed E-state index contributed by atoms with van der Waals surface area (Å²) >= 11 is 0. The molecule has 4 heterocycles. The molecule has 2 aromatic heterocycles. The van der Waals surface area contributed by atoms with E-state index in [0.717, 1.165) is 64.0 Å². The molecule has 0 unspecified atom stereocenters. The average Bonchev–Trinajstić information content (AvgIpc) is 3.42. The number of hydrogen-bond acceptors (Lipinski definition) is 6. The Morgan fingerprint density at radius 3 is 2.50 bits per heavy atom. The highest BCUT2D eigenvalue weighted by Gasteiger charge is 2.42. The van der Waals surface area contributed by atoms with Gasteiger partial charge in [0.25, 0.3) is 0 Å². The van der Waals surface area contributed by atoms with Crippen molar-refractivity contribution in [2.45, 2.75) is 37.9 Å². The van der Waals surface area contributed by atoms with Gasteiger partial charge in [-0.3, -0.25) is 0 Å². The molecule has 0 amide bonds. The number of rotatable bonds is 6. The summed E-state index contributed by atoms with van der Waals surface area (Å²) in [5.41, 5.74) is 3.84. The molecule has 0 aliphatic carbocycles. The molecule has 0 saturated carbocycles. The van der Waals surface area contributed by atoms with Gasteiger partial charge >= 0.3 is 11.9 Å². The maximum absolute atomic E-state index is 9.10. The van der Waals surface area contributed by atoms with Gasteiger partial charge in [0.05, 0.1) is 24.3 Å². The summed E-state index contributed by atoms with van der Waals surface area (Å²) in [7, 11) is 0. The van der Waals surface area contributed by atoms with Gasteiger partial charge in [0.2, 0.25) is 5.88 Å². The van der Waals surface area contributed by atoms with Crippen LogP contribution >= 0.6 is 0 Å². The molecule has 3 aromatic rings. The van der Waals surface area contributed by atoms with Gasteiger partial charge in [-0.15, -0.1) is 5.10 Å². The van der Waals surface area contributed by atoms with E-state index in [9.17, 15) is 0 Å². The highest BCUT2D eigenvalue weighted by molar-refractivity contribution is 6.27. The monoisotopic (exact) mass is 467 g/mol. The van der Waals surface area contributed by atoms with Gasteiger partial charge in [-0.05, 0) is 55.5 Å². The molecule has 1 aromatic carbocycles. The maximum atomic E-state index is 9.10. The van der Waals surface area contributed by atoms with E-state index in [-0.39, 0.29) is 5.60 Å². The molecular formula is C25H29N3O6. The number of pyridine rings is 1. The average molecular weight is 468 g/mol. The van der Waals surface area contributed by atoms with Crippen molar-refractivity contribution in [2.24, 2.45) is 0 Å². The normalized spacial score (nSPS) is 16.6. The van der Waals surface area contributed by atoms with Gasteiger partial charge in [-0.1, -0.05) is 30.3 Å². The summed E-state index contributed by atoms with van der Waals surface area (Å²) in [6, 6.07) is 16.7. The van der Waals surface area contributed by atoms with E-state index in [1.165, 1.54) is 11.1 Å². The molecule has 0 bridgehead atoms. The third-order valence-corrected chi connectivity index (χ3v) is 6.33. The van der Waals surface area contributed by atoms with Crippen molar-refractivity contribution < 1.29 is 29.3 Å². The Bertz CT molecular complexity index is 1090. The topological polar surface area (TPSA) is 114 Å². The van der Waals surface area contributed by atoms with Crippen molar-refractivity contribution in [1.82, 2.24) is 14.5 Å². The van der Waals surface area contributed by atoms with Crippen LogP contribution in [-0.4, -0.2) is 62.9 Å². The molecule has 2 N–H and O–H groups in total. The molecule has 34 heavy (non-hydrogen) atoms. The van der Waals surface area contributed by atoms with Gasteiger partial charge in [0, 0.05) is 25.4 Å². The lowest BCUT2D eigenvalue weighted by Crippen LogP contribution is -2.42. The molecule has 9 heteroatoms. The Balaban J connectivity index is 0.000000408. The van der Waals surface area contributed by atoms with Crippen molar-refractivity contribution in [1.29, 1.82) is 0 Å². The summed E-state index contributed by atoms with van der Waals surface area (Å²) < 4.78 is 13.9. The lowest BCUT2D eigenvalue weighted by molar-refractivity contribution is -0.159. The van der Waals surface area contributed by atoms with Gasteiger partial charge in [0.15, 0.2) is 0 Å². The third kappa shape index (κ3) is 5.55. The summed E-state index contributed by atoms with van der Waals surface area (Å²) in [5.74, 6) is -2.94. The first-order chi connectivity index (χ1) is 16.5. The zero-order chi connectivity index (χ0) is 24.0. The predicted octanol–water partition coefficient (Wildman–Crippen LogP) is 3.17. The standard InChI is InChI=1S/C23H27N3O2.C2H2O4/c1-2-9-21-19(7-1)18-28-23(21)10-14-25(15-11-23)12-5-6-16-27-22-17-20-8-3-4-13-26(20)24-22;3-1(4)2(5)6/h1-4,7-9,13,17H,5-6,10-12,14-16,18H2;(H,3,4)(H,5,6). The summed E-state index contributed by atoms with van der Waals surface area (Å²) in [6.07, 6.45) is 6.34. The number of likely N-dealkylation sites (tertiary alicyclic amines) is 1. The largest absolute Gasteiger partial charge is 0.477 e. The van der Waals surface area contributed by atoms with Crippen molar-refractivity contribution in [3.8, 4) is 5.88 Å². The number of carboxylic acids is 2. The fraction of sp³-hybridized carbons (Fsp3) is 0.400. The Labute approximate surface area is 197 Å². The van der Waals surface area contributed by atoms with Crippen LogP contribution in [0.4, 0.5) is 0 Å². The van der Waals surface area contributed by atoms with Crippen LogP contribution in [0.25, 0.3) is 5.52 Å². The minimum atomic E-state index is -1.82. The number of unbranched alkanes of at least 4 members (excludes halogenated alkanes) is 1. The minimum absolute atomic E-state index is 0.0284. The fourth-order valence-electron chi connectivity index (χ4n) is 4.54. The number of hydrogen-bond donors (Lipinski definition) is 2. The van der Waals surface area contributed by atoms with Crippen molar-refractivity contribution in [2.75, 3.05) is 26.2 Å². The van der Waals surface area contributed by atoms with Gasteiger partial charge in [-0.25, -0.2) is 14.1 Å². The number of ether oxygens (including phenoxy) is 2. The Kier molecular flexibility index (Phi) is 7.44. The fourth-order valence-corrected chi connectivity index (χ4v) is 4.54. The van der Waals surface area contributed by atoms with Crippen molar-refractivity contribution in [3.05, 3.63) is 65.9 Å². The quantitative estimate of drug-likeness (QED) is 0.420. The van der Waals surface area contributed by atoms with Gasteiger partial charge in [-0.2, -0.15) is 0 Å². The Morgan fingerprint density at radius 2 is 1.76 bits per heavy atom. The lowest BCUT2D eigenvalue weighted by Gasteiger charge is -2.39. The van der Waals surface area contributed by atoms with Crippen LogP contribution in [0.3, 0.4) is 0 Å². The maximum Gasteiger partial charge on any atom is 0.414 e. The first-order valence-corrected chi connectivity index (χ1v) is 11.4. The van der Waals surface area contributed by atoms with E-state index in [1.807, 2.05) is 35.0 Å². The molecule has 2 aliphatic heterocycles. The molecule has 2 aliphatic rings. The molecule has 5 rings (SSSR count). The number of benzene rings is 1. The van der Waals surface area contributed by atoms with Crippen LogP contribution in [0.5, 0.6) is 5.88 Å². The van der Waals surface area contributed by atoms with E-state index in [4.69, 9.17) is 29.3 Å². The van der Waals surface area contributed by atoms with Crippen molar-refractivity contribution >= 4 is 17.5 Å². The number of piperidine rings is 1. The van der Waals surface area contributed by atoms with E-state index < -0.39 is 11.9 Å². The van der Waals surface area contributed by atoms with E-state index >= 15 is 0 Å². The second-order valence-corrected chi connectivity index (χ2v) is 8.50. The summed E-state index contributed by atoms with van der Waals surface area (Å²) in [4.78, 5) is 20.8. The third-order valence-electron chi connectivity index (χ3n) is 6.33. The van der Waals surface area contributed by atoms with Crippen molar-refractivity contribution in [3.63, 3.8) is 0 Å². The number of carboxylic acid groups (broad SMARTS) is 2. The molecule has 0 radical (unpaired) electrons. The van der Waals surface area contributed by atoms with Gasteiger partial charge in [0.1, 0.15) is 0 Å². The second-order valence-electron chi connectivity index (χ2n) is 8.50. The predicted molar refractivity (Wildman–Crippen MR) is 124 cm³/mol. The van der Waals surface area contributed by atoms with E-state index in [2.05, 4.69) is 34.3 Å². The highest BCUT2D eigenvalue weighted by atomic mass is 16.5. The second kappa shape index (κ2) is 10.7. The van der Waals surface area contributed by atoms with Crippen LogP contribution in [0.1, 0.15) is 36.8 Å². The zero-order valence-electron chi connectivity index (χ0n) is 18.9. The Morgan fingerprint density at radius 1 is 1.03 bits per heavy atom. The zero-order valence-corrected chi connectivity index (χ0v) is 18.9.